The zero-order chi connectivity index (χ0) is 12.9. The van der Waals surface area contributed by atoms with Gasteiger partial charge in [0.2, 0.25) is 0 Å². The number of hydrogen-bond donors (Lipinski definition) is 2. The van der Waals surface area contributed by atoms with Crippen LogP contribution in [0.25, 0.3) is 0 Å². The molecule has 2 saturated heterocycles. The van der Waals surface area contributed by atoms with E-state index in [1.807, 2.05) is 6.92 Å². The van der Waals surface area contributed by atoms with Crippen molar-refractivity contribution in [3.8, 4) is 0 Å². The standard InChI is InChI=1S/C12H20IO5/c1-3-4-13-11-16-5-7(17-11)12-8(10(12)15)9(14)6(2)18-12/h6-11,14-15H,3-5H2,1-2H3/q-1/t6-,7?,8?,9?,10?,11?,12?/m0/s1. The topological polar surface area (TPSA) is 68.2 Å². The maximum absolute atomic E-state index is 10.00. The predicted octanol–water partition coefficient (Wildman–Crippen LogP) is -3.31. The number of alkyl halides is 2. The fourth-order valence-corrected chi connectivity index (χ4v) is 5.20. The molecule has 0 spiro atoms. The molecule has 5 nitrogen and oxygen atoms in total. The minimum atomic E-state index is -0.705. The van der Waals surface area contributed by atoms with Crippen molar-refractivity contribution in [2.75, 3.05) is 11.0 Å². The molecule has 2 aliphatic heterocycles. The van der Waals surface area contributed by atoms with Gasteiger partial charge >= 0.3 is 117 Å². The van der Waals surface area contributed by atoms with Crippen molar-refractivity contribution in [2.45, 2.75) is 54.6 Å². The number of rotatable bonds is 4. The summed E-state index contributed by atoms with van der Waals surface area (Å²) >= 11 is -0.107. The maximum atomic E-state index is 10.00. The summed E-state index contributed by atoms with van der Waals surface area (Å²) in [6.07, 6.45) is -0.498. The second-order valence-electron chi connectivity index (χ2n) is 5.21. The Kier molecular flexibility index (Phi) is 3.62. The number of aliphatic hydroxyl groups excluding tert-OH is 2. The zero-order valence-corrected chi connectivity index (χ0v) is 12.7. The molecule has 0 amide bonds. The van der Waals surface area contributed by atoms with Crippen LogP contribution < -0.4 is 21.2 Å². The molecular formula is C12H20IO5-. The normalized spacial score (nSPS) is 54.9. The summed E-state index contributed by atoms with van der Waals surface area (Å²) in [7, 11) is 0. The quantitative estimate of drug-likeness (QED) is 0.400. The van der Waals surface area contributed by atoms with Crippen molar-refractivity contribution in [3.05, 3.63) is 0 Å². The third-order valence-corrected chi connectivity index (χ3v) is 7.10. The van der Waals surface area contributed by atoms with E-state index >= 15 is 0 Å². The summed E-state index contributed by atoms with van der Waals surface area (Å²) in [4.78, 5) is 0. The summed E-state index contributed by atoms with van der Waals surface area (Å²) < 4.78 is 18.4. The van der Waals surface area contributed by atoms with Crippen LogP contribution in [-0.4, -0.2) is 55.6 Å². The van der Waals surface area contributed by atoms with Gasteiger partial charge in [-0.25, -0.2) is 0 Å². The van der Waals surface area contributed by atoms with Crippen LogP contribution in [0.4, 0.5) is 0 Å². The first-order chi connectivity index (χ1) is 8.61. The Hall–Kier alpha value is 0.530. The van der Waals surface area contributed by atoms with Crippen molar-refractivity contribution in [3.63, 3.8) is 0 Å². The fraction of sp³-hybridized carbons (Fsp3) is 1.00. The molecule has 1 aliphatic carbocycles. The van der Waals surface area contributed by atoms with Gasteiger partial charge in [0.15, 0.2) is 0 Å². The van der Waals surface area contributed by atoms with E-state index < -0.39 is 17.8 Å². The van der Waals surface area contributed by atoms with Crippen LogP contribution in [-0.2, 0) is 14.2 Å². The molecule has 0 radical (unpaired) electrons. The van der Waals surface area contributed by atoms with Gasteiger partial charge in [0.1, 0.15) is 0 Å². The molecule has 0 aromatic carbocycles. The van der Waals surface area contributed by atoms with Gasteiger partial charge in [0, 0.05) is 0 Å². The minimum absolute atomic E-state index is 0.0757. The number of aliphatic hydroxyl groups is 2. The predicted molar refractivity (Wildman–Crippen MR) is 58.6 cm³/mol. The SMILES string of the molecule is CCC[I-]C1OCC(C23O[C@@H](C)C(O)C2C3O)O1. The van der Waals surface area contributed by atoms with Gasteiger partial charge in [0.05, 0.1) is 0 Å². The number of halogens is 1. The number of ether oxygens (including phenoxy) is 3. The number of fused-ring (bicyclic) bond motifs is 1. The van der Waals surface area contributed by atoms with E-state index in [1.54, 1.807) is 0 Å². The fourth-order valence-electron chi connectivity index (χ4n) is 3.05. The van der Waals surface area contributed by atoms with Crippen molar-refractivity contribution in [2.24, 2.45) is 5.92 Å². The molecule has 0 bridgehead atoms. The molecule has 3 aliphatic rings. The molecule has 0 aromatic rings. The Morgan fingerprint density at radius 2 is 2.17 bits per heavy atom. The van der Waals surface area contributed by atoms with Crippen LogP contribution in [0.3, 0.4) is 0 Å². The molecule has 18 heavy (non-hydrogen) atoms. The molecule has 6 unspecified atom stereocenters. The first-order valence-electron chi connectivity index (χ1n) is 6.50. The monoisotopic (exact) mass is 371 g/mol. The Labute approximate surface area is 117 Å². The third-order valence-electron chi connectivity index (χ3n) is 4.03. The molecule has 106 valence electrons. The van der Waals surface area contributed by atoms with E-state index in [-0.39, 0.29) is 43.6 Å². The van der Waals surface area contributed by atoms with Crippen molar-refractivity contribution in [1.82, 2.24) is 0 Å². The van der Waals surface area contributed by atoms with Crippen LogP contribution in [0.15, 0.2) is 0 Å². The number of hydrogen-bond acceptors (Lipinski definition) is 5. The summed E-state index contributed by atoms with van der Waals surface area (Å²) in [5, 5.41) is 19.9. The second-order valence-corrected chi connectivity index (χ2v) is 8.19. The molecule has 3 rings (SSSR count). The summed E-state index contributed by atoms with van der Waals surface area (Å²) in [6, 6.07) is 0. The Morgan fingerprint density at radius 1 is 1.39 bits per heavy atom. The van der Waals surface area contributed by atoms with Crippen molar-refractivity contribution < 1.29 is 45.6 Å². The van der Waals surface area contributed by atoms with E-state index in [9.17, 15) is 10.2 Å². The van der Waals surface area contributed by atoms with Crippen LogP contribution in [0, 0.1) is 5.92 Å². The molecule has 7 atom stereocenters. The van der Waals surface area contributed by atoms with E-state index in [4.69, 9.17) is 14.2 Å². The van der Waals surface area contributed by atoms with Gasteiger partial charge < -0.3 is 0 Å². The van der Waals surface area contributed by atoms with Gasteiger partial charge in [-0.3, -0.25) is 0 Å². The van der Waals surface area contributed by atoms with Crippen LogP contribution in [0.2, 0.25) is 0 Å². The molecule has 2 heterocycles. The second kappa shape index (κ2) is 4.82. The summed E-state index contributed by atoms with van der Waals surface area (Å²) in [6.45, 7) is 4.47. The molecule has 6 heteroatoms. The van der Waals surface area contributed by atoms with Crippen LogP contribution in [0.1, 0.15) is 20.3 Å². The zero-order valence-electron chi connectivity index (χ0n) is 10.6. The van der Waals surface area contributed by atoms with Gasteiger partial charge in [-0.1, -0.05) is 0 Å². The van der Waals surface area contributed by atoms with Gasteiger partial charge in [-0.05, 0) is 0 Å². The van der Waals surface area contributed by atoms with Crippen LogP contribution >= 0.6 is 0 Å². The molecule has 0 aromatic heterocycles. The summed E-state index contributed by atoms with van der Waals surface area (Å²) in [5.74, 6) is -0.204. The van der Waals surface area contributed by atoms with Crippen LogP contribution in [0.5, 0.6) is 0 Å². The average Bonchev–Trinajstić information content (AvgIpc) is 2.71. The average molecular weight is 371 g/mol. The Bertz CT molecular complexity index is 328. The summed E-state index contributed by atoms with van der Waals surface area (Å²) in [5.41, 5.74) is -0.705. The van der Waals surface area contributed by atoms with Gasteiger partial charge in [0.25, 0.3) is 0 Å². The first kappa shape index (κ1) is 13.5. The molecule has 2 N–H and O–H groups in total. The molecule has 3 fully saturated rings. The first-order valence-corrected chi connectivity index (χ1v) is 9.27. The molecular weight excluding hydrogens is 351 g/mol. The molecule has 1 saturated carbocycles. The van der Waals surface area contributed by atoms with E-state index in [0.717, 1.165) is 6.42 Å². The third kappa shape index (κ3) is 1.84. The van der Waals surface area contributed by atoms with E-state index in [0.29, 0.717) is 6.61 Å². The Morgan fingerprint density at radius 3 is 2.83 bits per heavy atom. The van der Waals surface area contributed by atoms with Crippen molar-refractivity contribution in [1.29, 1.82) is 0 Å². The van der Waals surface area contributed by atoms with E-state index in [1.165, 1.54) is 4.43 Å². The van der Waals surface area contributed by atoms with Gasteiger partial charge in [-0.15, -0.1) is 0 Å². The van der Waals surface area contributed by atoms with E-state index in [2.05, 4.69) is 6.92 Å². The van der Waals surface area contributed by atoms with Crippen molar-refractivity contribution >= 4 is 0 Å². The Balaban J connectivity index is 1.63. The van der Waals surface area contributed by atoms with Gasteiger partial charge in [-0.2, -0.15) is 0 Å².